The molecule has 0 radical (unpaired) electrons. The van der Waals surface area contributed by atoms with Crippen LogP contribution in [0, 0.1) is 5.92 Å². The van der Waals surface area contributed by atoms with Crippen molar-refractivity contribution in [3.8, 4) is 5.75 Å². The topological polar surface area (TPSA) is 62.0 Å². The highest BCUT2D eigenvalue weighted by Crippen LogP contribution is 2.31. The SMILES string of the molecule is OCc1ccc(OC[C@@H]2CC[C@H]3CN(c4noc5ccccc45)CCN3C2)cc1. The van der Waals surface area contributed by atoms with Gasteiger partial charge in [0.15, 0.2) is 11.4 Å². The zero-order chi connectivity index (χ0) is 19.6. The minimum Gasteiger partial charge on any atom is -0.493 e. The molecule has 2 aromatic carbocycles. The summed E-state index contributed by atoms with van der Waals surface area (Å²) in [4.78, 5) is 5.00. The van der Waals surface area contributed by atoms with Crippen molar-refractivity contribution in [2.75, 3.05) is 37.7 Å². The Balaban J connectivity index is 1.17. The number of aliphatic hydroxyl groups excluding tert-OH is 1. The molecular weight excluding hydrogens is 366 g/mol. The van der Waals surface area contributed by atoms with Crippen molar-refractivity contribution in [2.24, 2.45) is 5.92 Å². The van der Waals surface area contributed by atoms with E-state index in [4.69, 9.17) is 14.4 Å². The molecule has 6 heteroatoms. The lowest BCUT2D eigenvalue weighted by Gasteiger charge is -2.46. The van der Waals surface area contributed by atoms with E-state index in [0.717, 1.165) is 60.9 Å². The van der Waals surface area contributed by atoms with Crippen LogP contribution in [-0.2, 0) is 6.61 Å². The average Bonchev–Trinajstić information content (AvgIpc) is 3.22. The maximum Gasteiger partial charge on any atom is 0.180 e. The number of fused-ring (bicyclic) bond motifs is 2. The van der Waals surface area contributed by atoms with Gasteiger partial charge in [0, 0.05) is 38.1 Å². The number of para-hydroxylation sites is 1. The van der Waals surface area contributed by atoms with Gasteiger partial charge in [0.2, 0.25) is 0 Å². The highest BCUT2D eigenvalue weighted by Gasteiger charge is 2.34. The van der Waals surface area contributed by atoms with Gasteiger partial charge in [-0.1, -0.05) is 29.4 Å². The molecule has 3 heterocycles. The van der Waals surface area contributed by atoms with Gasteiger partial charge in [-0.2, -0.15) is 0 Å². The minimum absolute atomic E-state index is 0.0698. The van der Waals surface area contributed by atoms with Gasteiger partial charge < -0.3 is 19.3 Å². The van der Waals surface area contributed by atoms with Crippen molar-refractivity contribution in [2.45, 2.75) is 25.5 Å². The number of hydrogen-bond donors (Lipinski definition) is 1. The number of benzene rings is 2. The number of ether oxygens (including phenoxy) is 1. The fourth-order valence-corrected chi connectivity index (χ4v) is 4.59. The Morgan fingerprint density at radius 2 is 1.90 bits per heavy atom. The van der Waals surface area contributed by atoms with E-state index >= 15 is 0 Å². The summed E-state index contributed by atoms with van der Waals surface area (Å²) >= 11 is 0. The van der Waals surface area contributed by atoms with E-state index in [0.29, 0.717) is 12.0 Å². The summed E-state index contributed by atoms with van der Waals surface area (Å²) in [5.41, 5.74) is 1.77. The molecule has 0 bridgehead atoms. The molecule has 2 atom stereocenters. The first-order chi connectivity index (χ1) is 14.3. The second kappa shape index (κ2) is 8.05. The predicted octanol–water partition coefficient (Wildman–Crippen LogP) is 3.30. The lowest BCUT2D eigenvalue weighted by Crippen LogP contribution is -2.57. The van der Waals surface area contributed by atoms with E-state index in [-0.39, 0.29) is 6.61 Å². The smallest absolute Gasteiger partial charge is 0.180 e. The predicted molar refractivity (Wildman–Crippen MR) is 112 cm³/mol. The van der Waals surface area contributed by atoms with E-state index in [2.05, 4.69) is 21.0 Å². The molecule has 2 fully saturated rings. The number of rotatable bonds is 5. The zero-order valence-electron chi connectivity index (χ0n) is 16.5. The van der Waals surface area contributed by atoms with Gasteiger partial charge in [0.25, 0.3) is 0 Å². The van der Waals surface area contributed by atoms with Gasteiger partial charge in [-0.15, -0.1) is 0 Å². The van der Waals surface area contributed by atoms with Crippen LogP contribution in [-0.4, -0.2) is 54.0 Å². The molecule has 29 heavy (non-hydrogen) atoms. The quantitative estimate of drug-likeness (QED) is 0.718. The monoisotopic (exact) mass is 393 g/mol. The molecule has 1 aromatic heterocycles. The van der Waals surface area contributed by atoms with Crippen LogP contribution >= 0.6 is 0 Å². The number of nitrogens with zero attached hydrogens (tertiary/aromatic N) is 3. The highest BCUT2D eigenvalue weighted by molar-refractivity contribution is 5.88. The number of hydrogen-bond acceptors (Lipinski definition) is 6. The molecule has 6 nitrogen and oxygen atoms in total. The van der Waals surface area contributed by atoms with Gasteiger partial charge in [-0.05, 0) is 42.7 Å². The summed E-state index contributed by atoms with van der Waals surface area (Å²) in [5.74, 6) is 2.42. The first-order valence-electron chi connectivity index (χ1n) is 10.5. The lowest BCUT2D eigenvalue weighted by atomic mass is 9.91. The fraction of sp³-hybridized carbons (Fsp3) is 0.435. The Labute approximate surface area is 170 Å². The summed E-state index contributed by atoms with van der Waals surface area (Å²) in [5, 5.41) is 14.6. The molecule has 0 saturated carbocycles. The van der Waals surface area contributed by atoms with E-state index in [1.165, 1.54) is 12.8 Å². The summed E-state index contributed by atoms with van der Waals surface area (Å²) < 4.78 is 11.5. The normalized spacial score (nSPS) is 22.6. The van der Waals surface area contributed by atoms with Crippen LogP contribution in [0.15, 0.2) is 53.1 Å². The van der Waals surface area contributed by atoms with Crippen LogP contribution < -0.4 is 9.64 Å². The summed E-state index contributed by atoms with van der Waals surface area (Å²) in [6, 6.07) is 16.4. The van der Waals surface area contributed by atoms with Crippen LogP contribution in [0.3, 0.4) is 0 Å². The molecule has 3 aromatic rings. The van der Waals surface area contributed by atoms with Crippen LogP contribution in [0.25, 0.3) is 11.0 Å². The maximum absolute atomic E-state index is 9.14. The van der Waals surface area contributed by atoms with Crippen molar-refractivity contribution >= 4 is 16.8 Å². The van der Waals surface area contributed by atoms with Gasteiger partial charge in [0.05, 0.1) is 18.6 Å². The molecule has 1 N–H and O–H groups in total. The fourth-order valence-electron chi connectivity index (χ4n) is 4.59. The molecule has 2 saturated heterocycles. The molecule has 0 aliphatic carbocycles. The Morgan fingerprint density at radius 1 is 1.03 bits per heavy atom. The first-order valence-corrected chi connectivity index (χ1v) is 10.5. The Morgan fingerprint density at radius 3 is 2.76 bits per heavy atom. The van der Waals surface area contributed by atoms with E-state index in [1.54, 1.807) is 0 Å². The minimum atomic E-state index is 0.0698. The lowest BCUT2D eigenvalue weighted by molar-refractivity contribution is 0.0727. The number of piperidine rings is 1. The molecule has 0 unspecified atom stereocenters. The third kappa shape index (κ3) is 3.82. The van der Waals surface area contributed by atoms with Crippen LogP contribution in [0.2, 0.25) is 0 Å². The van der Waals surface area contributed by atoms with Gasteiger partial charge in [-0.25, -0.2) is 0 Å². The number of piperazine rings is 1. The van der Waals surface area contributed by atoms with Crippen molar-refractivity contribution in [3.05, 3.63) is 54.1 Å². The van der Waals surface area contributed by atoms with Gasteiger partial charge in [0.1, 0.15) is 5.75 Å². The van der Waals surface area contributed by atoms with Crippen LogP contribution in [0.1, 0.15) is 18.4 Å². The summed E-state index contributed by atoms with van der Waals surface area (Å²) in [6.07, 6.45) is 2.37. The summed E-state index contributed by atoms with van der Waals surface area (Å²) in [6.45, 7) is 4.94. The Kier molecular flexibility index (Phi) is 5.12. The highest BCUT2D eigenvalue weighted by atomic mass is 16.5. The molecule has 5 rings (SSSR count). The maximum atomic E-state index is 9.14. The average molecular weight is 393 g/mol. The van der Waals surface area contributed by atoms with Crippen LogP contribution in [0.5, 0.6) is 5.75 Å². The van der Waals surface area contributed by atoms with Crippen molar-refractivity contribution in [3.63, 3.8) is 0 Å². The molecule has 0 amide bonds. The van der Waals surface area contributed by atoms with E-state index in [1.807, 2.05) is 42.5 Å². The summed E-state index contributed by atoms with van der Waals surface area (Å²) in [7, 11) is 0. The van der Waals surface area contributed by atoms with E-state index < -0.39 is 0 Å². The van der Waals surface area contributed by atoms with Crippen molar-refractivity contribution in [1.82, 2.24) is 10.1 Å². The first kappa shape index (κ1) is 18.5. The second-order valence-electron chi connectivity index (χ2n) is 8.15. The molecule has 152 valence electrons. The molecule has 0 spiro atoms. The number of aliphatic hydroxyl groups is 1. The molecule has 2 aliphatic heterocycles. The van der Waals surface area contributed by atoms with Crippen molar-refractivity contribution < 1.29 is 14.4 Å². The standard InChI is InChI=1S/C23H27N3O3/c27-15-17-6-9-20(10-7-17)28-16-18-5-8-19-14-26(12-11-25(19)13-18)23-21-3-1-2-4-22(21)29-24-23/h1-4,6-7,9-10,18-19,27H,5,8,11-16H2/t18-,19+/m1/s1. The zero-order valence-corrected chi connectivity index (χ0v) is 16.5. The third-order valence-corrected chi connectivity index (χ3v) is 6.26. The molecule has 2 aliphatic rings. The van der Waals surface area contributed by atoms with Crippen molar-refractivity contribution in [1.29, 1.82) is 0 Å². The third-order valence-electron chi connectivity index (χ3n) is 6.26. The largest absolute Gasteiger partial charge is 0.493 e. The van der Waals surface area contributed by atoms with Gasteiger partial charge in [-0.3, -0.25) is 4.90 Å². The molecular formula is C23H27N3O3. The van der Waals surface area contributed by atoms with E-state index in [9.17, 15) is 0 Å². The van der Waals surface area contributed by atoms with Gasteiger partial charge >= 0.3 is 0 Å². The van der Waals surface area contributed by atoms with Crippen LogP contribution in [0.4, 0.5) is 5.82 Å². The second-order valence-corrected chi connectivity index (χ2v) is 8.15. The number of aromatic nitrogens is 1. The Hall–Kier alpha value is -2.57. The Bertz CT molecular complexity index is 955. The number of anilines is 1.